The molecule has 0 bridgehead atoms. The van der Waals surface area contributed by atoms with E-state index in [4.69, 9.17) is 11.6 Å². The van der Waals surface area contributed by atoms with Crippen LogP contribution in [0.3, 0.4) is 0 Å². The first kappa shape index (κ1) is 20.8. The number of halogens is 6. The molecule has 1 aromatic rings. The van der Waals surface area contributed by atoms with Crippen molar-refractivity contribution in [2.24, 2.45) is 0 Å². The molecule has 1 atom stereocenters. The van der Waals surface area contributed by atoms with E-state index < -0.39 is 18.6 Å². The van der Waals surface area contributed by atoms with Gasteiger partial charge in [-0.15, -0.1) is 24.8 Å². The average Bonchev–Trinajstić information content (AvgIpc) is 2.36. The van der Waals surface area contributed by atoms with E-state index in [-0.39, 0.29) is 24.8 Å². The number of nitrogens with zero attached hydrogens (tertiary/aromatic N) is 1. The van der Waals surface area contributed by atoms with Crippen molar-refractivity contribution in [3.8, 4) is 0 Å². The summed E-state index contributed by atoms with van der Waals surface area (Å²) in [6.45, 7) is 2.67. The lowest BCUT2D eigenvalue weighted by molar-refractivity contribution is -0.148. The van der Waals surface area contributed by atoms with Gasteiger partial charge < -0.3 is 5.32 Å². The molecule has 122 valence electrons. The first-order valence-corrected chi connectivity index (χ1v) is 6.60. The minimum atomic E-state index is -4.18. The molecule has 0 unspecified atom stereocenters. The Labute approximate surface area is 139 Å². The van der Waals surface area contributed by atoms with Gasteiger partial charge in [-0.1, -0.05) is 23.7 Å². The highest BCUT2D eigenvalue weighted by Gasteiger charge is 2.35. The summed E-state index contributed by atoms with van der Waals surface area (Å²) >= 11 is 5.89. The monoisotopic (exact) mass is 364 g/mol. The molecule has 2 nitrogen and oxygen atoms in total. The van der Waals surface area contributed by atoms with Crippen molar-refractivity contribution in [3.05, 3.63) is 34.9 Å². The molecular weight excluding hydrogens is 348 g/mol. The Morgan fingerprint density at radius 1 is 1.19 bits per heavy atom. The normalized spacial score (nSPS) is 17.5. The molecule has 1 fully saturated rings. The lowest BCUT2D eigenvalue weighted by Crippen LogP contribution is -2.46. The highest BCUT2D eigenvalue weighted by atomic mass is 35.5. The lowest BCUT2D eigenvalue weighted by Gasteiger charge is -2.35. The molecule has 1 heterocycles. The van der Waals surface area contributed by atoms with Gasteiger partial charge in [0.15, 0.2) is 0 Å². The first-order chi connectivity index (χ1) is 8.96. The van der Waals surface area contributed by atoms with Gasteiger partial charge in [0.2, 0.25) is 0 Å². The van der Waals surface area contributed by atoms with E-state index in [1.165, 1.54) is 0 Å². The maximum absolute atomic E-state index is 12.8. The number of benzene rings is 1. The van der Waals surface area contributed by atoms with Crippen LogP contribution in [0.4, 0.5) is 13.2 Å². The van der Waals surface area contributed by atoms with Gasteiger partial charge in [0.25, 0.3) is 0 Å². The standard InChI is InChI=1S/C13H16ClF3N2.2ClH/c14-11-3-1-2-10(8-11)12(9-13(15,16)17)19-6-4-18-5-7-19;;/h1-3,8,12,18H,4-7,9H2;2*1H/t12-;;/m1../s1. The third-order valence-corrected chi connectivity index (χ3v) is 3.49. The van der Waals surface area contributed by atoms with E-state index in [1.54, 1.807) is 24.3 Å². The summed E-state index contributed by atoms with van der Waals surface area (Å²) in [5.74, 6) is 0. The Hall–Kier alpha value is -0.200. The fraction of sp³-hybridized carbons (Fsp3) is 0.538. The Kier molecular flexibility index (Phi) is 8.97. The van der Waals surface area contributed by atoms with Crippen LogP contribution in [0.15, 0.2) is 24.3 Å². The number of nitrogens with one attached hydrogen (secondary N) is 1. The molecule has 1 aliphatic heterocycles. The molecule has 0 amide bonds. The van der Waals surface area contributed by atoms with Crippen LogP contribution in [0.1, 0.15) is 18.0 Å². The van der Waals surface area contributed by atoms with Crippen molar-refractivity contribution < 1.29 is 13.2 Å². The second-order valence-electron chi connectivity index (χ2n) is 4.68. The van der Waals surface area contributed by atoms with Gasteiger partial charge in [0, 0.05) is 37.2 Å². The van der Waals surface area contributed by atoms with Crippen LogP contribution in [0.2, 0.25) is 5.02 Å². The maximum Gasteiger partial charge on any atom is 0.390 e. The summed E-state index contributed by atoms with van der Waals surface area (Å²) in [4.78, 5) is 1.87. The second kappa shape index (κ2) is 9.06. The molecule has 0 spiro atoms. The summed E-state index contributed by atoms with van der Waals surface area (Å²) in [6, 6.07) is 6.06. The molecule has 1 aromatic carbocycles. The zero-order chi connectivity index (χ0) is 13.9. The van der Waals surface area contributed by atoms with Crippen LogP contribution in [-0.4, -0.2) is 37.3 Å². The third kappa shape index (κ3) is 6.61. The van der Waals surface area contributed by atoms with E-state index in [2.05, 4.69) is 5.32 Å². The predicted molar refractivity (Wildman–Crippen MR) is 83.8 cm³/mol. The first-order valence-electron chi connectivity index (χ1n) is 6.23. The topological polar surface area (TPSA) is 15.3 Å². The van der Waals surface area contributed by atoms with Gasteiger partial charge in [-0.2, -0.15) is 13.2 Å². The number of alkyl halides is 3. The van der Waals surface area contributed by atoms with Crippen molar-refractivity contribution in [2.75, 3.05) is 26.2 Å². The highest BCUT2D eigenvalue weighted by Crippen LogP contribution is 2.34. The van der Waals surface area contributed by atoms with Crippen molar-refractivity contribution in [2.45, 2.75) is 18.6 Å². The third-order valence-electron chi connectivity index (χ3n) is 3.25. The summed E-state index contributed by atoms with van der Waals surface area (Å²) in [7, 11) is 0. The fourth-order valence-corrected chi connectivity index (χ4v) is 2.58. The minimum Gasteiger partial charge on any atom is -0.314 e. The van der Waals surface area contributed by atoms with Gasteiger partial charge in [-0.25, -0.2) is 0 Å². The Bertz CT molecular complexity index is 423. The molecule has 0 saturated carbocycles. The quantitative estimate of drug-likeness (QED) is 0.868. The fourth-order valence-electron chi connectivity index (χ4n) is 2.38. The van der Waals surface area contributed by atoms with Gasteiger partial charge in [0.05, 0.1) is 6.42 Å². The van der Waals surface area contributed by atoms with Crippen LogP contribution < -0.4 is 5.32 Å². The molecule has 1 N–H and O–H groups in total. The molecule has 0 aromatic heterocycles. The largest absolute Gasteiger partial charge is 0.390 e. The Morgan fingerprint density at radius 3 is 2.33 bits per heavy atom. The van der Waals surface area contributed by atoms with Gasteiger partial charge >= 0.3 is 6.18 Å². The van der Waals surface area contributed by atoms with E-state index in [0.29, 0.717) is 23.7 Å². The van der Waals surface area contributed by atoms with Crippen LogP contribution in [-0.2, 0) is 0 Å². The molecule has 1 saturated heterocycles. The smallest absolute Gasteiger partial charge is 0.314 e. The molecule has 0 radical (unpaired) electrons. The predicted octanol–water partition coefficient (Wildman–Crippen LogP) is 4.08. The van der Waals surface area contributed by atoms with Crippen LogP contribution in [0.5, 0.6) is 0 Å². The Morgan fingerprint density at radius 2 is 1.81 bits per heavy atom. The van der Waals surface area contributed by atoms with Crippen LogP contribution in [0, 0.1) is 0 Å². The zero-order valence-electron chi connectivity index (χ0n) is 11.2. The van der Waals surface area contributed by atoms with Crippen LogP contribution in [0.25, 0.3) is 0 Å². The van der Waals surface area contributed by atoms with Crippen molar-refractivity contribution in [3.63, 3.8) is 0 Å². The number of piperazine rings is 1. The van der Waals surface area contributed by atoms with Crippen molar-refractivity contribution >= 4 is 36.4 Å². The molecular formula is C13H18Cl3F3N2. The van der Waals surface area contributed by atoms with Crippen LogP contribution >= 0.6 is 36.4 Å². The van der Waals surface area contributed by atoms with E-state index in [1.807, 2.05) is 4.90 Å². The van der Waals surface area contributed by atoms with Gasteiger partial charge in [-0.3, -0.25) is 4.90 Å². The molecule has 2 rings (SSSR count). The van der Waals surface area contributed by atoms with E-state index in [0.717, 1.165) is 13.1 Å². The summed E-state index contributed by atoms with van der Waals surface area (Å²) < 4.78 is 38.3. The average molecular weight is 366 g/mol. The number of hydrogen-bond donors (Lipinski definition) is 1. The highest BCUT2D eigenvalue weighted by molar-refractivity contribution is 6.30. The maximum atomic E-state index is 12.8. The van der Waals surface area contributed by atoms with E-state index in [9.17, 15) is 13.2 Å². The summed E-state index contributed by atoms with van der Waals surface area (Å²) in [5, 5.41) is 3.62. The zero-order valence-corrected chi connectivity index (χ0v) is 13.6. The van der Waals surface area contributed by atoms with Crippen molar-refractivity contribution in [1.29, 1.82) is 0 Å². The molecule has 21 heavy (non-hydrogen) atoms. The number of hydrogen-bond acceptors (Lipinski definition) is 2. The lowest BCUT2D eigenvalue weighted by atomic mass is 10.0. The molecule has 1 aliphatic rings. The molecule has 0 aliphatic carbocycles. The second-order valence-corrected chi connectivity index (χ2v) is 5.11. The van der Waals surface area contributed by atoms with Gasteiger partial charge in [-0.05, 0) is 17.7 Å². The minimum absolute atomic E-state index is 0. The Balaban J connectivity index is 0.00000200. The molecule has 8 heteroatoms. The van der Waals surface area contributed by atoms with Gasteiger partial charge in [0.1, 0.15) is 0 Å². The SMILES string of the molecule is Cl.Cl.FC(F)(F)C[C@H](c1cccc(Cl)c1)N1CCNCC1. The van der Waals surface area contributed by atoms with Crippen molar-refractivity contribution in [1.82, 2.24) is 10.2 Å². The summed E-state index contributed by atoms with van der Waals surface area (Å²) in [5.41, 5.74) is 0.631. The number of rotatable bonds is 3. The van der Waals surface area contributed by atoms with E-state index >= 15 is 0 Å². The summed E-state index contributed by atoms with van der Waals surface area (Å²) in [6.07, 6.45) is -5.02.